The van der Waals surface area contributed by atoms with Crippen molar-refractivity contribution in [2.75, 3.05) is 0 Å². The van der Waals surface area contributed by atoms with Gasteiger partial charge in [0.05, 0.1) is 17.9 Å². The first-order valence-electron chi connectivity index (χ1n) is 10.8. The van der Waals surface area contributed by atoms with E-state index in [-0.39, 0.29) is 19.4 Å². The zero-order valence-electron chi connectivity index (χ0n) is 19.9. The molecule has 1 amide bonds. The van der Waals surface area contributed by atoms with Crippen LogP contribution in [-0.2, 0) is 33.7 Å². The molecule has 0 fully saturated rings. The van der Waals surface area contributed by atoms with Crippen LogP contribution in [-0.4, -0.2) is 54.5 Å². The number of hydrogen-bond acceptors (Lipinski definition) is 6. The number of fused-ring (bicyclic) bond motifs is 1. The molecule has 1 aliphatic heterocycles. The molecule has 0 aliphatic carbocycles. The standard InChI is InChI=1S/C24H31N3O6/c1-22(2,3)32-20(30)26-15-25-17-13-24(19(28)29,12-16-10-8-7-9-11-16)27(14-18(17)26)21(31)33-23(4,5)6/h7-11,15H,12-14H2,1-6H3,(H,28,29)/t24-/m0/s1. The van der Waals surface area contributed by atoms with E-state index in [9.17, 15) is 19.5 Å². The van der Waals surface area contributed by atoms with E-state index >= 15 is 0 Å². The van der Waals surface area contributed by atoms with Crippen LogP contribution in [0.5, 0.6) is 0 Å². The average molecular weight is 458 g/mol. The SMILES string of the molecule is CC(C)(C)OC(=O)N1Cc2c(ncn2C(=O)OC(C)(C)C)C[C@@]1(Cc1ccccc1)C(=O)O. The summed E-state index contributed by atoms with van der Waals surface area (Å²) in [7, 11) is 0. The topological polar surface area (TPSA) is 111 Å². The molecule has 33 heavy (non-hydrogen) atoms. The van der Waals surface area contributed by atoms with Gasteiger partial charge in [-0.25, -0.2) is 23.9 Å². The maximum absolute atomic E-state index is 13.3. The fourth-order valence-corrected chi connectivity index (χ4v) is 3.78. The van der Waals surface area contributed by atoms with Crippen molar-refractivity contribution < 1.29 is 29.0 Å². The number of carboxylic acid groups (broad SMARTS) is 1. The first-order valence-corrected chi connectivity index (χ1v) is 10.8. The summed E-state index contributed by atoms with van der Waals surface area (Å²) in [5.41, 5.74) is -1.61. The number of imidazole rings is 1. The van der Waals surface area contributed by atoms with Crippen molar-refractivity contribution in [1.82, 2.24) is 14.5 Å². The highest BCUT2D eigenvalue weighted by Crippen LogP contribution is 2.35. The molecule has 0 saturated heterocycles. The zero-order chi connectivity index (χ0) is 24.6. The smallest absolute Gasteiger partial charge is 0.420 e. The highest BCUT2D eigenvalue weighted by molar-refractivity contribution is 5.86. The van der Waals surface area contributed by atoms with Gasteiger partial charge in [-0.1, -0.05) is 30.3 Å². The normalized spacial score (nSPS) is 18.4. The quantitative estimate of drug-likeness (QED) is 0.741. The van der Waals surface area contributed by atoms with E-state index in [0.29, 0.717) is 11.4 Å². The lowest BCUT2D eigenvalue weighted by molar-refractivity contribution is -0.152. The second-order valence-electron chi connectivity index (χ2n) is 10.2. The summed E-state index contributed by atoms with van der Waals surface area (Å²) in [5.74, 6) is -1.17. The lowest BCUT2D eigenvalue weighted by Gasteiger charge is -2.43. The first-order chi connectivity index (χ1) is 15.2. The number of aromatic nitrogens is 2. The van der Waals surface area contributed by atoms with Gasteiger partial charge < -0.3 is 14.6 Å². The Labute approximate surface area is 193 Å². The molecule has 1 aliphatic rings. The maximum Gasteiger partial charge on any atom is 0.420 e. The van der Waals surface area contributed by atoms with E-state index in [2.05, 4.69) is 4.98 Å². The van der Waals surface area contributed by atoms with Crippen molar-refractivity contribution in [1.29, 1.82) is 0 Å². The van der Waals surface area contributed by atoms with E-state index in [1.54, 1.807) is 41.5 Å². The molecule has 9 heteroatoms. The molecular weight excluding hydrogens is 426 g/mol. The number of rotatable bonds is 3. The van der Waals surface area contributed by atoms with E-state index in [1.165, 1.54) is 15.8 Å². The molecule has 0 radical (unpaired) electrons. The summed E-state index contributed by atoms with van der Waals surface area (Å²) >= 11 is 0. The maximum atomic E-state index is 13.3. The van der Waals surface area contributed by atoms with Gasteiger partial charge in [-0.2, -0.15) is 0 Å². The van der Waals surface area contributed by atoms with Crippen LogP contribution in [0.1, 0.15) is 58.5 Å². The summed E-state index contributed by atoms with van der Waals surface area (Å²) < 4.78 is 12.3. The molecule has 0 unspecified atom stereocenters. The Balaban J connectivity index is 2.08. The number of carboxylic acids is 1. The van der Waals surface area contributed by atoms with Crippen LogP contribution in [0.15, 0.2) is 36.7 Å². The van der Waals surface area contributed by atoms with Crippen LogP contribution < -0.4 is 0 Å². The Morgan fingerprint density at radius 1 is 1.00 bits per heavy atom. The third-order valence-corrected chi connectivity index (χ3v) is 5.18. The summed E-state index contributed by atoms with van der Waals surface area (Å²) in [6, 6.07) is 9.09. The molecular formula is C24H31N3O6. The zero-order valence-corrected chi connectivity index (χ0v) is 19.9. The van der Waals surface area contributed by atoms with Crippen molar-refractivity contribution in [3.05, 3.63) is 53.6 Å². The molecule has 2 heterocycles. The Bertz CT molecular complexity index is 1050. The van der Waals surface area contributed by atoms with Crippen LogP contribution in [0.25, 0.3) is 0 Å². The average Bonchev–Trinajstić information content (AvgIpc) is 3.08. The molecule has 0 saturated carbocycles. The number of hydrogen-bond donors (Lipinski definition) is 1. The second-order valence-corrected chi connectivity index (χ2v) is 10.2. The Morgan fingerprint density at radius 2 is 1.58 bits per heavy atom. The van der Waals surface area contributed by atoms with Gasteiger partial charge in [-0.05, 0) is 47.1 Å². The van der Waals surface area contributed by atoms with E-state index in [1.807, 2.05) is 30.3 Å². The Kier molecular flexibility index (Phi) is 6.28. The largest absolute Gasteiger partial charge is 0.479 e. The Morgan fingerprint density at radius 3 is 2.12 bits per heavy atom. The van der Waals surface area contributed by atoms with Crippen molar-refractivity contribution in [2.45, 2.75) is 77.7 Å². The Hall–Kier alpha value is -3.36. The summed E-state index contributed by atoms with van der Waals surface area (Å²) in [6.07, 6.45) is -0.135. The highest BCUT2D eigenvalue weighted by Gasteiger charge is 2.52. The molecule has 2 aromatic rings. The third kappa shape index (κ3) is 5.35. The summed E-state index contributed by atoms with van der Waals surface area (Å²) in [5, 5.41) is 10.4. The number of carbonyl (C=O) groups is 3. The van der Waals surface area contributed by atoms with E-state index < -0.39 is 34.9 Å². The highest BCUT2D eigenvalue weighted by atomic mass is 16.6. The monoisotopic (exact) mass is 457 g/mol. The summed E-state index contributed by atoms with van der Waals surface area (Å²) in [6.45, 7) is 10.2. The van der Waals surface area contributed by atoms with Crippen molar-refractivity contribution in [3.8, 4) is 0 Å². The van der Waals surface area contributed by atoms with Crippen LogP contribution in [0.2, 0.25) is 0 Å². The van der Waals surface area contributed by atoms with E-state index in [0.717, 1.165) is 5.56 Å². The van der Waals surface area contributed by atoms with Crippen LogP contribution in [0.3, 0.4) is 0 Å². The van der Waals surface area contributed by atoms with Gasteiger partial charge in [0.25, 0.3) is 0 Å². The number of aliphatic carboxylic acids is 1. The predicted octanol–water partition coefficient (Wildman–Crippen LogP) is 4.03. The number of nitrogens with zero attached hydrogens (tertiary/aromatic N) is 3. The number of amides is 1. The van der Waals surface area contributed by atoms with Gasteiger partial charge in [0.15, 0.2) is 5.54 Å². The predicted molar refractivity (Wildman–Crippen MR) is 120 cm³/mol. The van der Waals surface area contributed by atoms with Crippen LogP contribution in [0.4, 0.5) is 9.59 Å². The van der Waals surface area contributed by atoms with Crippen LogP contribution in [0, 0.1) is 0 Å². The number of ether oxygens (including phenoxy) is 2. The number of carbonyl (C=O) groups excluding carboxylic acids is 2. The minimum atomic E-state index is -1.64. The fraction of sp³-hybridized carbons (Fsp3) is 0.500. The van der Waals surface area contributed by atoms with Gasteiger partial charge in [0, 0.05) is 12.8 Å². The van der Waals surface area contributed by atoms with E-state index in [4.69, 9.17) is 9.47 Å². The molecule has 0 bridgehead atoms. The van der Waals surface area contributed by atoms with Crippen molar-refractivity contribution in [3.63, 3.8) is 0 Å². The van der Waals surface area contributed by atoms with Gasteiger partial charge in [-0.15, -0.1) is 0 Å². The first kappa shape index (κ1) is 24.3. The molecule has 1 aromatic carbocycles. The van der Waals surface area contributed by atoms with Gasteiger partial charge in [0.2, 0.25) is 0 Å². The lowest BCUT2D eigenvalue weighted by atomic mass is 9.81. The van der Waals surface area contributed by atoms with Crippen LogP contribution >= 0.6 is 0 Å². The van der Waals surface area contributed by atoms with Gasteiger partial charge in [-0.3, -0.25) is 4.90 Å². The molecule has 1 atom stereocenters. The van der Waals surface area contributed by atoms with Gasteiger partial charge >= 0.3 is 18.2 Å². The molecule has 0 spiro atoms. The lowest BCUT2D eigenvalue weighted by Crippen LogP contribution is -2.62. The molecule has 9 nitrogen and oxygen atoms in total. The fourth-order valence-electron chi connectivity index (χ4n) is 3.78. The molecule has 1 N–H and O–H groups in total. The second kappa shape index (κ2) is 8.53. The van der Waals surface area contributed by atoms with Crippen molar-refractivity contribution in [2.24, 2.45) is 0 Å². The molecule has 1 aromatic heterocycles. The molecule has 178 valence electrons. The minimum absolute atomic E-state index is 0.0567. The summed E-state index contributed by atoms with van der Waals surface area (Å²) in [4.78, 5) is 44.2. The van der Waals surface area contributed by atoms with Gasteiger partial charge in [0.1, 0.15) is 17.5 Å². The van der Waals surface area contributed by atoms with Crippen molar-refractivity contribution >= 4 is 18.2 Å². The minimum Gasteiger partial charge on any atom is -0.479 e. The molecule has 3 rings (SSSR count). The third-order valence-electron chi connectivity index (χ3n) is 5.18. The number of benzene rings is 1.